The Morgan fingerprint density at radius 3 is 2.59 bits per heavy atom. The van der Waals surface area contributed by atoms with Crippen molar-refractivity contribution in [2.45, 2.75) is 33.7 Å². The molecule has 0 spiro atoms. The first-order chi connectivity index (χ1) is 15.5. The van der Waals surface area contributed by atoms with Gasteiger partial charge in [-0.3, -0.25) is 4.98 Å². The number of ether oxygens (including phenoxy) is 2. The van der Waals surface area contributed by atoms with Gasteiger partial charge in [-0.15, -0.1) is 0 Å². The van der Waals surface area contributed by atoms with Crippen LogP contribution >= 0.6 is 0 Å². The van der Waals surface area contributed by atoms with Crippen LogP contribution in [0.25, 0.3) is 22.6 Å². The van der Waals surface area contributed by atoms with Gasteiger partial charge in [-0.1, -0.05) is 13.0 Å². The molecule has 0 radical (unpaired) electrons. The number of aromatic nitrogens is 6. The maximum absolute atomic E-state index is 11.7. The number of hydrogen-bond acceptors (Lipinski definition) is 8. The number of rotatable bonds is 7. The van der Waals surface area contributed by atoms with Gasteiger partial charge >= 0.3 is 12.0 Å². The molecule has 0 aromatic carbocycles. The van der Waals surface area contributed by atoms with Gasteiger partial charge in [0.25, 0.3) is 0 Å². The fourth-order valence-corrected chi connectivity index (χ4v) is 3.41. The van der Waals surface area contributed by atoms with Crippen LogP contribution < -0.4 is 4.74 Å². The van der Waals surface area contributed by atoms with Crippen LogP contribution in [-0.2, 0) is 17.7 Å². The van der Waals surface area contributed by atoms with Gasteiger partial charge in [0.05, 0.1) is 26.0 Å². The monoisotopic (exact) mass is 432 g/mol. The Kier molecular flexibility index (Phi) is 6.07. The van der Waals surface area contributed by atoms with Crippen molar-refractivity contribution in [1.82, 2.24) is 29.5 Å². The number of esters is 1. The zero-order valence-corrected chi connectivity index (χ0v) is 18.5. The van der Waals surface area contributed by atoms with E-state index in [1.165, 1.54) is 7.11 Å². The summed E-state index contributed by atoms with van der Waals surface area (Å²) in [5.41, 5.74) is 5.23. The summed E-state index contributed by atoms with van der Waals surface area (Å²) < 4.78 is 12.3. The van der Waals surface area contributed by atoms with E-state index < -0.39 is 5.97 Å². The SMILES string of the molecule is CCOc1nc(C)c2nc(-c3cncc(CC)c3)n(Cc3ccc(C(=O)OC)nc3)c2n1. The fraction of sp³-hybridized carbons (Fsp3) is 0.304. The molecule has 0 amide bonds. The second-order valence-electron chi connectivity index (χ2n) is 7.20. The minimum absolute atomic E-state index is 0.253. The van der Waals surface area contributed by atoms with Crippen LogP contribution in [0.1, 0.15) is 41.2 Å². The molecule has 4 aromatic rings. The van der Waals surface area contributed by atoms with E-state index in [1.807, 2.05) is 30.7 Å². The fourth-order valence-electron chi connectivity index (χ4n) is 3.41. The second kappa shape index (κ2) is 9.09. The van der Waals surface area contributed by atoms with E-state index in [0.717, 1.165) is 34.6 Å². The number of aryl methyl sites for hydroxylation is 2. The molecule has 9 nitrogen and oxygen atoms in total. The molecule has 0 unspecified atom stereocenters. The number of carbonyl (C=O) groups excluding carboxylic acids is 1. The van der Waals surface area contributed by atoms with Crippen molar-refractivity contribution in [3.8, 4) is 17.4 Å². The van der Waals surface area contributed by atoms with Crippen molar-refractivity contribution in [2.75, 3.05) is 13.7 Å². The highest BCUT2D eigenvalue weighted by Crippen LogP contribution is 2.27. The van der Waals surface area contributed by atoms with Crippen molar-refractivity contribution < 1.29 is 14.3 Å². The van der Waals surface area contributed by atoms with Gasteiger partial charge in [0.1, 0.15) is 17.0 Å². The summed E-state index contributed by atoms with van der Waals surface area (Å²) in [6.45, 7) is 6.78. The molecule has 0 aliphatic heterocycles. The van der Waals surface area contributed by atoms with Crippen molar-refractivity contribution in [2.24, 2.45) is 0 Å². The molecule has 164 valence electrons. The Labute approximate surface area is 185 Å². The number of hydrogen-bond donors (Lipinski definition) is 0. The normalized spacial score (nSPS) is 11.0. The third kappa shape index (κ3) is 4.14. The van der Waals surface area contributed by atoms with Gasteiger partial charge in [0, 0.05) is 24.2 Å². The number of nitrogens with zero attached hydrogens (tertiary/aromatic N) is 6. The minimum atomic E-state index is -0.475. The first-order valence-corrected chi connectivity index (χ1v) is 10.4. The molecule has 32 heavy (non-hydrogen) atoms. The van der Waals surface area contributed by atoms with E-state index >= 15 is 0 Å². The molecule has 0 aliphatic rings. The zero-order chi connectivity index (χ0) is 22.7. The van der Waals surface area contributed by atoms with Crippen LogP contribution in [0.2, 0.25) is 0 Å². The van der Waals surface area contributed by atoms with Crippen molar-refractivity contribution >= 4 is 17.1 Å². The van der Waals surface area contributed by atoms with E-state index in [0.29, 0.717) is 30.3 Å². The smallest absolute Gasteiger partial charge is 0.356 e. The standard InChI is InChI=1S/C23H24N6O3/c1-5-15-9-17(12-24-10-15)20-27-19-14(3)26-23(32-6-2)28-21(19)29(20)13-16-7-8-18(25-11-16)22(30)31-4/h7-12H,5-6,13H2,1-4H3. The highest BCUT2D eigenvalue weighted by atomic mass is 16.5. The molecule has 0 atom stereocenters. The summed E-state index contributed by atoms with van der Waals surface area (Å²) in [4.78, 5) is 34.2. The van der Waals surface area contributed by atoms with Crippen LogP contribution in [0.15, 0.2) is 36.8 Å². The summed E-state index contributed by atoms with van der Waals surface area (Å²) >= 11 is 0. The molecule has 0 saturated heterocycles. The Balaban J connectivity index is 1.86. The number of methoxy groups -OCH3 is 1. The molecule has 4 heterocycles. The first-order valence-electron chi connectivity index (χ1n) is 10.4. The van der Waals surface area contributed by atoms with Gasteiger partial charge in [-0.25, -0.2) is 14.8 Å². The van der Waals surface area contributed by atoms with Crippen molar-refractivity contribution in [1.29, 1.82) is 0 Å². The topological polar surface area (TPSA) is 105 Å². The largest absolute Gasteiger partial charge is 0.464 e. The van der Waals surface area contributed by atoms with E-state index in [-0.39, 0.29) is 5.69 Å². The van der Waals surface area contributed by atoms with Gasteiger partial charge in [0.15, 0.2) is 5.65 Å². The number of pyridine rings is 2. The quantitative estimate of drug-likeness (QED) is 0.409. The zero-order valence-electron chi connectivity index (χ0n) is 18.5. The Bertz CT molecular complexity index is 1270. The summed E-state index contributed by atoms with van der Waals surface area (Å²) in [6.07, 6.45) is 6.17. The maximum Gasteiger partial charge on any atom is 0.356 e. The highest BCUT2D eigenvalue weighted by Gasteiger charge is 2.19. The summed E-state index contributed by atoms with van der Waals surface area (Å²) in [5.74, 6) is 0.253. The first kappa shape index (κ1) is 21.4. The predicted octanol–water partition coefficient (Wildman–Crippen LogP) is 3.39. The van der Waals surface area contributed by atoms with Gasteiger partial charge in [0.2, 0.25) is 0 Å². The number of carbonyl (C=O) groups is 1. The summed E-state index contributed by atoms with van der Waals surface area (Å²) in [6, 6.07) is 5.87. The minimum Gasteiger partial charge on any atom is -0.464 e. The number of imidazole rings is 1. The molecule has 0 N–H and O–H groups in total. The lowest BCUT2D eigenvalue weighted by molar-refractivity contribution is 0.0594. The second-order valence-corrected chi connectivity index (χ2v) is 7.20. The molecular formula is C23H24N6O3. The molecule has 0 saturated carbocycles. The van der Waals surface area contributed by atoms with Crippen LogP contribution in [0, 0.1) is 6.92 Å². The third-order valence-electron chi connectivity index (χ3n) is 5.04. The molecule has 0 aliphatic carbocycles. The summed E-state index contributed by atoms with van der Waals surface area (Å²) in [5, 5.41) is 0. The van der Waals surface area contributed by atoms with Crippen LogP contribution in [0.3, 0.4) is 0 Å². The molecule has 9 heteroatoms. The lowest BCUT2D eigenvalue weighted by atomic mass is 10.1. The molecular weight excluding hydrogens is 408 g/mol. The highest BCUT2D eigenvalue weighted by molar-refractivity contribution is 5.87. The van der Waals surface area contributed by atoms with E-state index in [9.17, 15) is 4.79 Å². The molecule has 0 fully saturated rings. The number of fused-ring (bicyclic) bond motifs is 1. The van der Waals surface area contributed by atoms with Crippen LogP contribution in [0.5, 0.6) is 6.01 Å². The van der Waals surface area contributed by atoms with Gasteiger partial charge in [-0.05, 0) is 43.5 Å². The van der Waals surface area contributed by atoms with E-state index in [2.05, 4.69) is 32.9 Å². The maximum atomic E-state index is 11.7. The van der Waals surface area contributed by atoms with Gasteiger partial charge in [-0.2, -0.15) is 9.97 Å². The van der Waals surface area contributed by atoms with E-state index in [4.69, 9.17) is 14.5 Å². The average Bonchev–Trinajstić information content (AvgIpc) is 3.18. The lowest BCUT2D eigenvalue weighted by Crippen LogP contribution is -2.08. The third-order valence-corrected chi connectivity index (χ3v) is 5.04. The van der Waals surface area contributed by atoms with Crippen molar-refractivity contribution in [3.63, 3.8) is 0 Å². The average molecular weight is 432 g/mol. The molecule has 4 rings (SSSR count). The summed E-state index contributed by atoms with van der Waals surface area (Å²) in [7, 11) is 1.33. The van der Waals surface area contributed by atoms with Gasteiger partial charge < -0.3 is 14.0 Å². The van der Waals surface area contributed by atoms with E-state index in [1.54, 1.807) is 18.5 Å². The van der Waals surface area contributed by atoms with Crippen LogP contribution in [-0.4, -0.2) is 49.2 Å². The lowest BCUT2D eigenvalue weighted by Gasteiger charge is -2.10. The Morgan fingerprint density at radius 1 is 1.06 bits per heavy atom. The predicted molar refractivity (Wildman–Crippen MR) is 119 cm³/mol. The Hall–Kier alpha value is -3.88. The molecule has 0 bridgehead atoms. The van der Waals surface area contributed by atoms with Crippen LogP contribution in [0.4, 0.5) is 0 Å². The van der Waals surface area contributed by atoms with Crippen molar-refractivity contribution in [3.05, 3.63) is 59.3 Å². The Morgan fingerprint density at radius 2 is 1.91 bits per heavy atom. The molecule has 4 aromatic heterocycles.